The van der Waals surface area contributed by atoms with Gasteiger partial charge in [0.05, 0.1) is 24.6 Å². The SMILES string of the molecule is COC(=O)CCNC(=O)c1cc(C2CC2)nc2ccccc12. The highest BCUT2D eigenvalue weighted by Crippen LogP contribution is 2.40. The second kappa shape index (κ2) is 6.13. The van der Waals surface area contributed by atoms with Crippen LogP contribution >= 0.6 is 0 Å². The van der Waals surface area contributed by atoms with Crippen LogP contribution in [-0.4, -0.2) is 30.5 Å². The van der Waals surface area contributed by atoms with Gasteiger partial charge in [0.15, 0.2) is 0 Å². The van der Waals surface area contributed by atoms with E-state index in [0.717, 1.165) is 29.4 Å². The van der Waals surface area contributed by atoms with Gasteiger partial charge >= 0.3 is 5.97 Å². The first kappa shape index (κ1) is 14.5. The first-order chi connectivity index (χ1) is 10.7. The molecule has 1 aliphatic carbocycles. The Morgan fingerprint density at radius 3 is 2.82 bits per heavy atom. The van der Waals surface area contributed by atoms with Crippen molar-refractivity contribution in [2.24, 2.45) is 0 Å². The Balaban J connectivity index is 1.84. The molecule has 114 valence electrons. The highest BCUT2D eigenvalue weighted by molar-refractivity contribution is 6.06. The molecule has 0 saturated heterocycles. The normalized spacial score (nSPS) is 13.9. The van der Waals surface area contributed by atoms with Crippen LogP contribution in [0.5, 0.6) is 0 Å². The van der Waals surface area contributed by atoms with E-state index >= 15 is 0 Å². The number of hydrogen-bond donors (Lipinski definition) is 1. The van der Waals surface area contributed by atoms with Gasteiger partial charge in [0.2, 0.25) is 0 Å². The maximum absolute atomic E-state index is 12.4. The monoisotopic (exact) mass is 298 g/mol. The van der Waals surface area contributed by atoms with Gasteiger partial charge in [-0.3, -0.25) is 14.6 Å². The van der Waals surface area contributed by atoms with Crippen molar-refractivity contribution < 1.29 is 14.3 Å². The Labute approximate surface area is 128 Å². The number of para-hydroxylation sites is 1. The zero-order chi connectivity index (χ0) is 15.5. The van der Waals surface area contributed by atoms with Crippen LogP contribution < -0.4 is 5.32 Å². The third kappa shape index (κ3) is 3.08. The number of benzene rings is 1. The molecule has 1 aromatic heterocycles. The van der Waals surface area contributed by atoms with Crippen molar-refractivity contribution in [3.63, 3.8) is 0 Å². The number of methoxy groups -OCH3 is 1. The van der Waals surface area contributed by atoms with Crippen LogP contribution in [-0.2, 0) is 9.53 Å². The minimum Gasteiger partial charge on any atom is -0.469 e. The fourth-order valence-electron chi connectivity index (χ4n) is 2.45. The lowest BCUT2D eigenvalue weighted by Crippen LogP contribution is -2.26. The Morgan fingerprint density at radius 1 is 1.32 bits per heavy atom. The minimum atomic E-state index is -0.335. The molecular weight excluding hydrogens is 280 g/mol. The maximum atomic E-state index is 12.4. The van der Waals surface area contributed by atoms with Gasteiger partial charge < -0.3 is 10.1 Å². The quantitative estimate of drug-likeness (QED) is 0.861. The summed E-state index contributed by atoms with van der Waals surface area (Å²) in [6.07, 6.45) is 2.43. The lowest BCUT2D eigenvalue weighted by molar-refractivity contribution is -0.140. The van der Waals surface area contributed by atoms with Crippen molar-refractivity contribution in [3.8, 4) is 0 Å². The Kier molecular flexibility index (Phi) is 4.04. The Morgan fingerprint density at radius 2 is 2.09 bits per heavy atom. The molecule has 0 atom stereocenters. The van der Waals surface area contributed by atoms with Crippen LogP contribution in [0.2, 0.25) is 0 Å². The number of aromatic nitrogens is 1. The summed E-state index contributed by atoms with van der Waals surface area (Å²) in [5.41, 5.74) is 2.44. The van der Waals surface area contributed by atoms with Crippen molar-refractivity contribution in [1.29, 1.82) is 0 Å². The molecule has 1 aliphatic rings. The molecule has 1 aromatic carbocycles. The largest absolute Gasteiger partial charge is 0.469 e. The molecule has 1 N–H and O–H groups in total. The molecule has 1 amide bonds. The average Bonchev–Trinajstić information content (AvgIpc) is 3.38. The first-order valence-corrected chi connectivity index (χ1v) is 7.43. The molecule has 1 fully saturated rings. The molecule has 2 aromatic rings. The Hall–Kier alpha value is -2.43. The summed E-state index contributed by atoms with van der Waals surface area (Å²) in [5.74, 6) is -0.0332. The number of esters is 1. The van der Waals surface area contributed by atoms with Gasteiger partial charge in [-0.25, -0.2) is 0 Å². The molecular formula is C17H18N2O3. The van der Waals surface area contributed by atoms with E-state index in [-0.39, 0.29) is 24.8 Å². The van der Waals surface area contributed by atoms with Crippen molar-refractivity contribution in [2.45, 2.75) is 25.2 Å². The van der Waals surface area contributed by atoms with Gasteiger partial charge in [0, 0.05) is 23.5 Å². The molecule has 1 heterocycles. The number of amides is 1. The number of rotatable bonds is 5. The molecule has 0 radical (unpaired) electrons. The number of carbonyl (C=O) groups excluding carboxylic acids is 2. The molecule has 22 heavy (non-hydrogen) atoms. The Bertz CT molecular complexity index is 723. The van der Waals surface area contributed by atoms with E-state index in [0.29, 0.717) is 11.5 Å². The third-order valence-electron chi connectivity index (χ3n) is 3.82. The lowest BCUT2D eigenvalue weighted by Gasteiger charge is -2.10. The number of fused-ring (bicyclic) bond motifs is 1. The number of pyridine rings is 1. The highest BCUT2D eigenvalue weighted by atomic mass is 16.5. The van der Waals surface area contributed by atoms with Gasteiger partial charge in [-0.2, -0.15) is 0 Å². The predicted octanol–water partition coefficient (Wildman–Crippen LogP) is 2.41. The number of ether oxygens (including phenoxy) is 1. The van der Waals surface area contributed by atoms with Gasteiger partial charge in [-0.05, 0) is 25.0 Å². The topological polar surface area (TPSA) is 68.3 Å². The summed E-state index contributed by atoms with van der Waals surface area (Å²) in [7, 11) is 1.34. The standard InChI is InChI=1S/C17H18N2O3/c1-22-16(20)8-9-18-17(21)13-10-15(11-6-7-11)19-14-5-3-2-4-12(13)14/h2-5,10-11H,6-9H2,1H3,(H,18,21). The van der Waals surface area contributed by atoms with Gasteiger partial charge in [0.25, 0.3) is 5.91 Å². The van der Waals surface area contributed by atoms with Crippen LogP contribution in [0.25, 0.3) is 10.9 Å². The smallest absolute Gasteiger partial charge is 0.307 e. The zero-order valence-electron chi connectivity index (χ0n) is 12.5. The van der Waals surface area contributed by atoms with Crippen LogP contribution in [0.15, 0.2) is 30.3 Å². The van der Waals surface area contributed by atoms with E-state index in [2.05, 4.69) is 15.0 Å². The predicted molar refractivity (Wildman–Crippen MR) is 82.7 cm³/mol. The molecule has 0 spiro atoms. The molecule has 5 heteroatoms. The number of nitrogens with zero attached hydrogens (tertiary/aromatic N) is 1. The van der Waals surface area contributed by atoms with Crippen LogP contribution in [0.4, 0.5) is 0 Å². The second-order valence-corrected chi connectivity index (χ2v) is 5.47. The van der Waals surface area contributed by atoms with Crippen molar-refractivity contribution in [2.75, 3.05) is 13.7 Å². The van der Waals surface area contributed by atoms with Crippen LogP contribution in [0, 0.1) is 0 Å². The number of carbonyl (C=O) groups is 2. The molecule has 5 nitrogen and oxygen atoms in total. The van der Waals surface area contributed by atoms with E-state index in [4.69, 9.17) is 0 Å². The molecule has 3 rings (SSSR count). The third-order valence-corrected chi connectivity index (χ3v) is 3.82. The summed E-state index contributed by atoms with van der Waals surface area (Å²) in [5, 5.41) is 3.61. The van der Waals surface area contributed by atoms with Crippen molar-refractivity contribution in [3.05, 3.63) is 41.6 Å². The first-order valence-electron chi connectivity index (χ1n) is 7.43. The van der Waals surface area contributed by atoms with Crippen molar-refractivity contribution >= 4 is 22.8 Å². The lowest BCUT2D eigenvalue weighted by atomic mass is 10.1. The summed E-state index contributed by atoms with van der Waals surface area (Å²) < 4.78 is 4.57. The molecule has 0 aliphatic heterocycles. The number of hydrogen-bond acceptors (Lipinski definition) is 4. The van der Waals surface area contributed by atoms with E-state index in [1.54, 1.807) is 0 Å². The fourth-order valence-corrected chi connectivity index (χ4v) is 2.45. The van der Waals surface area contributed by atoms with Gasteiger partial charge in [0.1, 0.15) is 0 Å². The van der Waals surface area contributed by atoms with E-state index in [9.17, 15) is 9.59 Å². The van der Waals surface area contributed by atoms with Gasteiger partial charge in [-0.15, -0.1) is 0 Å². The summed E-state index contributed by atoms with van der Waals surface area (Å²) in [6.45, 7) is 0.265. The number of nitrogens with one attached hydrogen (secondary N) is 1. The second-order valence-electron chi connectivity index (χ2n) is 5.47. The van der Waals surface area contributed by atoms with Crippen LogP contribution in [0.3, 0.4) is 0 Å². The fraction of sp³-hybridized carbons (Fsp3) is 0.353. The van der Waals surface area contributed by atoms with E-state index in [1.807, 2.05) is 30.3 Å². The molecule has 0 unspecified atom stereocenters. The zero-order valence-corrected chi connectivity index (χ0v) is 12.5. The molecule has 1 saturated carbocycles. The van der Waals surface area contributed by atoms with Crippen molar-refractivity contribution in [1.82, 2.24) is 10.3 Å². The summed E-state index contributed by atoms with van der Waals surface area (Å²) in [6, 6.07) is 9.52. The summed E-state index contributed by atoms with van der Waals surface area (Å²) >= 11 is 0. The molecule has 0 bridgehead atoms. The highest BCUT2D eigenvalue weighted by Gasteiger charge is 2.26. The minimum absolute atomic E-state index is 0.167. The van der Waals surface area contributed by atoms with Crippen LogP contribution in [0.1, 0.15) is 41.2 Å². The van der Waals surface area contributed by atoms with Gasteiger partial charge in [-0.1, -0.05) is 18.2 Å². The summed E-state index contributed by atoms with van der Waals surface area (Å²) in [4.78, 5) is 28.2. The maximum Gasteiger partial charge on any atom is 0.307 e. The average molecular weight is 298 g/mol. The van der Waals surface area contributed by atoms with E-state index < -0.39 is 0 Å². The van der Waals surface area contributed by atoms with E-state index in [1.165, 1.54) is 7.11 Å².